The van der Waals surface area contributed by atoms with Crippen LogP contribution in [0.5, 0.6) is 0 Å². The Hall–Kier alpha value is -1.13. The zero-order valence-electron chi connectivity index (χ0n) is 12.5. The van der Waals surface area contributed by atoms with Crippen LogP contribution in [0.4, 0.5) is 5.82 Å². The Morgan fingerprint density at radius 1 is 1.20 bits per heavy atom. The molecule has 0 aromatic carbocycles. The first-order valence-corrected chi connectivity index (χ1v) is 8.04. The lowest BCUT2D eigenvalue weighted by atomic mass is 9.96. The lowest BCUT2D eigenvalue weighted by Gasteiger charge is -2.35. The molecule has 0 spiro atoms. The highest BCUT2D eigenvalue weighted by molar-refractivity contribution is 5.40. The minimum atomic E-state index is 0.582. The third kappa shape index (κ3) is 2.96. The van der Waals surface area contributed by atoms with Crippen LogP contribution in [-0.4, -0.2) is 49.2 Å². The molecule has 0 radical (unpaired) electrons. The largest absolute Gasteiger partial charge is 0.354 e. The van der Waals surface area contributed by atoms with Crippen molar-refractivity contribution in [3.63, 3.8) is 0 Å². The molecule has 4 nitrogen and oxygen atoms in total. The number of hydrogen-bond acceptors (Lipinski definition) is 4. The molecule has 20 heavy (non-hydrogen) atoms. The van der Waals surface area contributed by atoms with Gasteiger partial charge in [-0.15, -0.1) is 0 Å². The van der Waals surface area contributed by atoms with Gasteiger partial charge in [0.05, 0.1) is 0 Å². The molecule has 0 bridgehead atoms. The highest BCUT2D eigenvalue weighted by Gasteiger charge is 2.23. The minimum absolute atomic E-state index is 0.582. The molecule has 110 valence electrons. The van der Waals surface area contributed by atoms with Crippen molar-refractivity contribution in [2.24, 2.45) is 0 Å². The molecule has 0 amide bonds. The number of piperidine rings is 1. The molecule has 2 aliphatic rings. The maximum atomic E-state index is 4.72. The van der Waals surface area contributed by atoms with Gasteiger partial charge in [-0.3, -0.25) is 4.90 Å². The van der Waals surface area contributed by atoms with Crippen LogP contribution in [0.1, 0.15) is 37.8 Å². The summed E-state index contributed by atoms with van der Waals surface area (Å²) in [6.07, 6.45) is 6.08. The Morgan fingerprint density at radius 3 is 2.75 bits per heavy atom. The Labute approximate surface area is 122 Å². The molecule has 0 aliphatic carbocycles. The van der Waals surface area contributed by atoms with E-state index in [1.54, 1.807) is 0 Å². The fourth-order valence-corrected chi connectivity index (χ4v) is 3.42. The van der Waals surface area contributed by atoms with Crippen LogP contribution in [0.25, 0.3) is 0 Å². The number of likely N-dealkylation sites (tertiary alicyclic amines) is 1. The van der Waals surface area contributed by atoms with Crippen LogP contribution in [0, 0.1) is 0 Å². The summed E-state index contributed by atoms with van der Waals surface area (Å²) in [5.74, 6) is 1.13. The van der Waals surface area contributed by atoms with E-state index >= 15 is 0 Å². The second-order valence-corrected chi connectivity index (χ2v) is 5.83. The summed E-state index contributed by atoms with van der Waals surface area (Å²) >= 11 is 0. The van der Waals surface area contributed by atoms with Gasteiger partial charge in [-0.05, 0) is 37.6 Å². The molecule has 2 saturated heterocycles. The van der Waals surface area contributed by atoms with Crippen LogP contribution in [0.15, 0.2) is 18.3 Å². The molecule has 2 fully saturated rings. The van der Waals surface area contributed by atoms with Crippen molar-refractivity contribution < 1.29 is 0 Å². The molecule has 1 atom stereocenters. The molecule has 1 aromatic heterocycles. The number of anilines is 1. The molecule has 0 unspecified atom stereocenters. The van der Waals surface area contributed by atoms with Crippen molar-refractivity contribution in [3.8, 4) is 0 Å². The van der Waals surface area contributed by atoms with E-state index in [-0.39, 0.29) is 0 Å². The SMILES string of the molecule is CCN1CCCC[C@H]1c1ccc(N2CCNCC2)nc1. The van der Waals surface area contributed by atoms with E-state index in [1.807, 2.05) is 0 Å². The number of pyridine rings is 1. The normalized spacial score (nSPS) is 24.9. The molecule has 1 aromatic rings. The average molecular weight is 274 g/mol. The molecule has 1 N–H and O–H groups in total. The molecule has 3 heterocycles. The predicted molar refractivity (Wildman–Crippen MR) is 83.2 cm³/mol. The third-order valence-corrected chi connectivity index (χ3v) is 4.62. The van der Waals surface area contributed by atoms with Gasteiger partial charge >= 0.3 is 0 Å². The van der Waals surface area contributed by atoms with E-state index in [9.17, 15) is 0 Å². The predicted octanol–water partition coefficient (Wildman–Crippen LogP) is 2.04. The van der Waals surface area contributed by atoms with Crippen LogP contribution in [0.2, 0.25) is 0 Å². The summed E-state index contributed by atoms with van der Waals surface area (Å²) < 4.78 is 0. The molecular formula is C16H26N4. The Balaban J connectivity index is 1.71. The zero-order chi connectivity index (χ0) is 13.8. The van der Waals surface area contributed by atoms with Crippen molar-refractivity contribution in [1.29, 1.82) is 0 Å². The van der Waals surface area contributed by atoms with Crippen molar-refractivity contribution in [2.45, 2.75) is 32.2 Å². The summed E-state index contributed by atoms with van der Waals surface area (Å²) in [4.78, 5) is 9.68. The maximum absolute atomic E-state index is 4.72. The van der Waals surface area contributed by atoms with Gasteiger partial charge in [0.1, 0.15) is 5.82 Å². The summed E-state index contributed by atoms with van der Waals surface area (Å²) in [5.41, 5.74) is 1.39. The van der Waals surface area contributed by atoms with Crippen molar-refractivity contribution in [1.82, 2.24) is 15.2 Å². The Morgan fingerprint density at radius 2 is 2.05 bits per heavy atom. The van der Waals surface area contributed by atoms with E-state index in [4.69, 9.17) is 4.98 Å². The van der Waals surface area contributed by atoms with Gasteiger partial charge in [0.2, 0.25) is 0 Å². The van der Waals surface area contributed by atoms with E-state index in [1.165, 1.54) is 31.4 Å². The minimum Gasteiger partial charge on any atom is -0.354 e. The lowest BCUT2D eigenvalue weighted by Crippen LogP contribution is -2.43. The number of nitrogens with one attached hydrogen (secondary N) is 1. The Kier molecular flexibility index (Phi) is 4.53. The van der Waals surface area contributed by atoms with Crippen LogP contribution in [0.3, 0.4) is 0 Å². The van der Waals surface area contributed by atoms with Crippen LogP contribution in [-0.2, 0) is 0 Å². The third-order valence-electron chi connectivity index (χ3n) is 4.62. The number of nitrogens with zero attached hydrogens (tertiary/aromatic N) is 3. The first-order valence-electron chi connectivity index (χ1n) is 8.04. The van der Waals surface area contributed by atoms with E-state index in [0.717, 1.165) is 38.5 Å². The van der Waals surface area contributed by atoms with Gasteiger partial charge in [-0.25, -0.2) is 4.98 Å². The highest BCUT2D eigenvalue weighted by Crippen LogP contribution is 2.30. The first-order chi connectivity index (χ1) is 9.88. The second kappa shape index (κ2) is 6.55. The zero-order valence-corrected chi connectivity index (χ0v) is 12.5. The number of aromatic nitrogens is 1. The summed E-state index contributed by atoms with van der Waals surface area (Å²) in [7, 11) is 0. The van der Waals surface area contributed by atoms with Crippen molar-refractivity contribution in [2.75, 3.05) is 44.2 Å². The molecule has 0 saturated carbocycles. The van der Waals surface area contributed by atoms with Gasteiger partial charge in [-0.2, -0.15) is 0 Å². The standard InChI is InChI=1S/C16H26N4/c1-2-19-10-4-3-5-15(19)14-6-7-16(18-13-14)20-11-8-17-9-12-20/h6-7,13,15,17H,2-5,8-12H2,1H3/t15-/m0/s1. The smallest absolute Gasteiger partial charge is 0.128 e. The highest BCUT2D eigenvalue weighted by atomic mass is 15.2. The maximum Gasteiger partial charge on any atom is 0.128 e. The van der Waals surface area contributed by atoms with Crippen LogP contribution < -0.4 is 10.2 Å². The van der Waals surface area contributed by atoms with Gasteiger partial charge in [-0.1, -0.05) is 19.4 Å². The summed E-state index contributed by atoms with van der Waals surface area (Å²) in [6, 6.07) is 5.09. The number of piperazine rings is 1. The monoisotopic (exact) mass is 274 g/mol. The molecular weight excluding hydrogens is 248 g/mol. The van der Waals surface area contributed by atoms with Crippen molar-refractivity contribution >= 4 is 5.82 Å². The van der Waals surface area contributed by atoms with Gasteiger partial charge in [0.25, 0.3) is 0 Å². The van der Waals surface area contributed by atoms with Gasteiger partial charge in [0.15, 0.2) is 0 Å². The first kappa shape index (κ1) is 13.8. The molecule has 2 aliphatic heterocycles. The summed E-state index contributed by atoms with van der Waals surface area (Å²) in [6.45, 7) is 8.91. The van der Waals surface area contributed by atoms with E-state index in [0.29, 0.717) is 6.04 Å². The van der Waals surface area contributed by atoms with Crippen molar-refractivity contribution in [3.05, 3.63) is 23.9 Å². The number of hydrogen-bond donors (Lipinski definition) is 1. The summed E-state index contributed by atoms with van der Waals surface area (Å²) in [5, 5.41) is 3.38. The van der Waals surface area contributed by atoms with Gasteiger partial charge < -0.3 is 10.2 Å². The number of rotatable bonds is 3. The fraction of sp³-hybridized carbons (Fsp3) is 0.688. The topological polar surface area (TPSA) is 31.4 Å². The second-order valence-electron chi connectivity index (χ2n) is 5.83. The average Bonchev–Trinajstić information content (AvgIpc) is 2.56. The van der Waals surface area contributed by atoms with E-state index < -0.39 is 0 Å². The Bertz CT molecular complexity index is 411. The van der Waals surface area contributed by atoms with Crippen LogP contribution >= 0.6 is 0 Å². The quantitative estimate of drug-likeness (QED) is 0.914. The molecule has 3 rings (SSSR count). The lowest BCUT2D eigenvalue weighted by molar-refractivity contribution is 0.157. The van der Waals surface area contributed by atoms with E-state index in [2.05, 4.69) is 40.4 Å². The molecule has 4 heteroatoms. The fourth-order valence-electron chi connectivity index (χ4n) is 3.42. The van der Waals surface area contributed by atoms with Gasteiger partial charge in [0, 0.05) is 38.4 Å².